The van der Waals surface area contributed by atoms with Gasteiger partial charge in [-0.25, -0.2) is 15.0 Å². The number of carbonyl (C=O) groups is 1. The van der Waals surface area contributed by atoms with Crippen LogP contribution in [-0.2, 0) is 6.54 Å². The third-order valence-electron chi connectivity index (χ3n) is 7.89. The Labute approximate surface area is 228 Å². The van der Waals surface area contributed by atoms with Crippen LogP contribution in [0.15, 0.2) is 67.3 Å². The lowest BCUT2D eigenvalue weighted by molar-refractivity contribution is 0.00173. The van der Waals surface area contributed by atoms with Gasteiger partial charge >= 0.3 is 0 Å². The average molecular weight is 526 g/mol. The van der Waals surface area contributed by atoms with Crippen LogP contribution in [0.4, 0.5) is 5.82 Å². The van der Waals surface area contributed by atoms with Crippen LogP contribution in [0.5, 0.6) is 0 Å². The number of amides is 1. The molecule has 2 aliphatic rings. The van der Waals surface area contributed by atoms with Crippen molar-refractivity contribution in [2.24, 2.45) is 0 Å². The number of fused-ring (bicyclic) bond motifs is 1. The van der Waals surface area contributed by atoms with Crippen molar-refractivity contribution in [2.45, 2.75) is 50.9 Å². The molecule has 0 bridgehead atoms. The number of carbonyl (C=O) groups excluding carboxylic acids is 1. The maximum Gasteiger partial charge on any atom is 0.251 e. The third kappa shape index (κ3) is 5.65. The summed E-state index contributed by atoms with van der Waals surface area (Å²) >= 11 is 0. The number of rotatable bonds is 8. The van der Waals surface area contributed by atoms with E-state index in [4.69, 9.17) is 9.97 Å². The highest BCUT2D eigenvalue weighted by atomic mass is 16.3. The first-order chi connectivity index (χ1) is 19.2. The van der Waals surface area contributed by atoms with Crippen molar-refractivity contribution in [3.8, 4) is 11.3 Å². The van der Waals surface area contributed by atoms with Crippen molar-refractivity contribution in [3.63, 3.8) is 0 Å². The lowest BCUT2D eigenvalue weighted by Crippen LogP contribution is -2.47. The molecule has 2 aromatic heterocycles. The number of benzene rings is 2. The van der Waals surface area contributed by atoms with Crippen molar-refractivity contribution in [1.29, 1.82) is 0 Å². The van der Waals surface area contributed by atoms with Crippen LogP contribution in [-0.4, -0.2) is 73.9 Å². The van der Waals surface area contributed by atoms with Gasteiger partial charge < -0.3 is 19.9 Å². The molecule has 0 aliphatic carbocycles. The van der Waals surface area contributed by atoms with Crippen LogP contribution in [0.1, 0.15) is 42.5 Å². The van der Waals surface area contributed by atoms with Gasteiger partial charge in [0.1, 0.15) is 11.9 Å². The van der Waals surface area contributed by atoms with Crippen molar-refractivity contribution in [1.82, 2.24) is 29.7 Å². The molecule has 1 unspecified atom stereocenters. The fraction of sp³-hybridized carbons (Fsp3) is 0.400. The van der Waals surface area contributed by atoms with Crippen molar-refractivity contribution >= 4 is 22.8 Å². The predicted molar refractivity (Wildman–Crippen MR) is 151 cm³/mol. The number of piperidine rings is 1. The molecule has 2 aromatic carbocycles. The number of likely N-dealkylation sites (tertiary alicyclic amines) is 1. The number of aromatic nitrogens is 4. The Bertz CT molecular complexity index is 1400. The van der Waals surface area contributed by atoms with E-state index < -0.39 is 0 Å². The number of imidazole rings is 1. The van der Waals surface area contributed by atoms with Gasteiger partial charge in [-0.2, -0.15) is 0 Å². The van der Waals surface area contributed by atoms with Gasteiger partial charge in [0.25, 0.3) is 5.91 Å². The average Bonchev–Trinajstić information content (AvgIpc) is 3.66. The first-order valence-corrected chi connectivity index (χ1v) is 14.0. The molecule has 1 atom stereocenters. The molecule has 1 amide bonds. The molecule has 2 fully saturated rings. The monoisotopic (exact) mass is 525 g/mol. The molecule has 9 heteroatoms. The van der Waals surface area contributed by atoms with Crippen LogP contribution in [0.3, 0.4) is 0 Å². The van der Waals surface area contributed by atoms with E-state index in [0.717, 1.165) is 80.9 Å². The predicted octanol–water partition coefficient (Wildman–Crippen LogP) is 3.70. The molecule has 0 saturated carbocycles. The van der Waals surface area contributed by atoms with Gasteiger partial charge in [-0.15, -0.1) is 0 Å². The van der Waals surface area contributed by atoms with E-state index in [9.17, 15) is 9.90 Å². The van der Waals surface area contributed by atoms with Crippen LogP contribution in [0.25, 0.3) is 22.3 Å². The normalized spacial score (nSPS) is 18.6. The van der Waals surface area contributed by atoms with E-state index in [2.05, 4.69) is 32.2 Å². The fourth-order valence-corrected chi connectivity index (χ4v) is 5.79. The molecular formula is C30H35N7O2. The minimum atomic E-state index is -0.301. The third-order valence-corrected chi connectivity index (χ3v) is 7.89. The largest absolute Gasteiger partial charge is 0.378 e. The summed E-state index contributed by atoms with van der Waals surface area (Å²) in [6, 6.07) is 16.1. The first kappa shape index (κ1) is 25.5. The number of hydrogen-bond acceptors (Lipinski definition) is 7. The minimum Gasteiger partial charge on any atom is -0.378 e. The van der Waals surface area contributed by atoms with Gasteiger partial charge in [0.2, 0.25) is 0 Å². The summed E-state index contributed by atoms with van der Waals surface area (Å²) in [6.45, 7) is 4.11. The van der Waals surface area contributed by atoms with E-state index in [1.807, 2.05) is 47.2 Å². The van der Waals surface area contributed by atoms with E-state index >= 15 is 0 Å². The van der Waals surface area contributed by atoms with Gasteiger partial charge in [0.15, 0.2) is 5.82 Å². The Hall–Kier alpha value is -3.82. The summed E-state index contributed by atoms with van der Waals surface area (Å²) in [4.78, 5) is 31.7. The maximum absolute atomic E-state index is 12.9. The molecule has 2 aliphatic heterocycles. The molecule has 2 saturated heterocycles. The number of hydrogen-bond donors (Lipinski definition) is 2. The van der Waals surface area contributed by atoms with E-state index in [-0.39, 0.29) is 12.1 Å². The van der Waals surface area contributed by atoms with Crippen LogP contribution < -0.4 is 10.2 Å². The SMILES string of the molecule is O=C(NCCCn1ccnc1)c1ccc2nc(N3CCC(N4CCCC4O)CC3)c(-c3ccccc3)nc2c1. The second-order valence-corrected chi connectivity index (χ2v) is 10.5. The van der Waals surface area contributed by atoms with Crippen LogP contribution in [0.2, 0.25) is 0 Å². The van der Waals surface area contributed by atoms with E-state index in [0.29, 0.717) is 23.7 Å². The van der Waals surface area contributed by atoms with Crippen LogP contribution >= 0.6 is 0 Å². The van der Waals surface area contributed by atoms with Crippen molar-refractivity contribution in [2.75, 3.05) is 31.1 Å². The molecule has 4 heterocycles. The number of aliphatic hydroxyl groups excluding tert-OH is 1. The maximum atomic E-state index is 12.9. The number of nitrogens with zero attached hydrogens (tertiary/aromatic N) is 6. The Morgan fingerprint density at radius 2 is 1.85 bits per heavy atom. The van der Waals surface area contributed by atoms with Crippen LogP contribution in [0, 0.1) is 0 Å². The zero-order valence-electron chi connectivity index (χ0n) is 22.1. The Morgan fingerprint density at radius 1 is 1.00 bits per heavy atom. The molecule has 6 rings (SSSR count). The van der Waals surface area contributed by atoms with Gasteiger partial charge in [-0.1, -0.05) is 30.3 Å². The van der Waals surface area contributed by atoms with Crippen molar-refractivity contribution < 1.29 is 9.90 Å². The summed E-state index contributed by atoms with van der Waals surface area (Å²) in [7, 11) is 0. The Kier molecular flexibility index (Phi) is 7.51. The summed E-state index contributed by atoms with van der Waals surface area (Å²) in [5.74, 6) is 0.770. The molecule has 0 spiro atoms. The quantitative estimate of drug-likeness (QED) is 0.339. The zero-order valence-corrected chi connectivity index (χ0v) is 22.1. The molecule has 39 heavy (non-hydrogen) atoms. The summed E-state index contributed by atoms with van der Waals surface area (Å²) in [5.41, 5.74) is 3.90. The fourth-order valence-electron chi connectivity index (χ4n) is 5.79. The molecule has 0 radical (unpaired) electrons. The zero-order chi connectivity index (χ0) is 26.6. The smallest absolute Gasteiger partial charge is 0.251 e. The minimum absolute atomic E-state index is 0.110. The number of aryl methyl sites for hydroxylation is 1. The van der Waals surface area contributed by atoms with Crippen molar-refractivity contribution in [3.05, 3.63) is 72.8 Å². The highest BCUT2D eigenvalue weighted by Crippen LogP contribution is 2.33. The summed E-state index contributed by atoms with van der Waals surface area (Å²) < 4.78 is 2.00. The second kappa shape index (κ2) is 11.5. The number of anilines is 1. The topological polar surface area (TPSA) is 99.4 Å². The van der Waals surface area contributed by atoms with Gasteiger partial charge in [0, 0.05) is 62.3 Å². The first-order valence-electron chi connectivity index (χ1n) is 14.0. The van der Waals surface area contributed by atoms with Gasteiger partial charge in [-0.05, 0) is 50.3 Å². The Balaban J connectivity index is 1.21. The summed E-state index contributed by atoms with van der Waals surface area (Å²) in [5, 5.41) is 13.4. The number of aliphatic hydroxyl groups is 1. The molecule has 4 aromatic rings. The molecule has 9 nitrogen and oxygen atoms in total. The molecular weight excluding hydrogens is 490 g/mol. The highest BCUT2D eigenvalue weighted by molar-refractivity contribution is 5.97. The van der Waals surface area contributed by atoms with E-state index in [1.165, 1.54) is 0 Å². The Morgan fingerprint density at radius 3 is 2.59 bits per heavy atom. The lowest BCUT2D eigenvalue weighted by Gasteiger charge is -2.39. The van der Waals surface area contributed by atoms with Gasteiger partial charge in [0.05, 0.1) is 17.4 Å². The number of nitrogens with one attached hydrogen (secondary N) is 1. The second-order valence-electron chi connectivity index (χ2n) is 10.5. The molecule has 2 N–H and O–H groups in total. The lowest BCUT2D eigenvalue weighted by atomic mass is 10.0. The summed E-state index contributed by atoms with van der Waals surface area (Å²) in [6.07, 6.45) is 9.91. The molecule has 202 valence electrons. The standard InChI is InChI=1S/C30H35N7O2/c38-27-8-4-16-37(27)24-11-17-36(18-12-24)29-28(22-6-2-1-3-7-22)33-26-20-23(9-10-25(26)34-29)30(39)32-13-5-15-35-19-14-31-21-35/h1-3,6-7,9-10,14,19-21,24,27,38H,4-5,8,11-13,15-18H2,(H,32,39). The van der Waals surface area contributed by atoms with E-state index in [1.54, 1.807) is 12.5 Å². The van der Waals surface area contributed by atoms with Gasteiger partial charge in [-0.3, -0.25) is 9.69 Å². The highest BCUT2D eigenvalue weighted by Gasteiger charge is 2.32.